The highest BCUT2D eigenvalue weighted by molar-refractivity contribution is 7.09. The zero-order valence-corrected chi connectivity index (χ0v) is 22.4. The Morgan fingerprint density at radius 3 is 2.40 bits per heavy atom. The van der Waals surface area contributed by atoms with Crippen molar-refractivity contribution in [2.45, 2.75) is 66.0 Å². The van der Waals surface area contributed by atoms with Gasteiger partial charge in [0.15, 0.2) is 6.10 Å². The average Bonchev–Trinajstić information content (AvgIpc) is 3.27. The molecule has 1 aromatic heterocycles. The monoisotopic (exact) mass is 507 g/mol. The van der Waals surface area contributed by atoms with Crippen molar-refractivity contribution in [3.05, 3.63) is 16.1 Å². The lowest BCUT2D eigenvalue weighted by Crippen LogP contribution is -2.42. The van der Waals surface area contributed by atoms with Crippen LogP contribution >= 0.6 is 11.3 Å². The molecule has 194 valence electrons. The van der Waals surface area contributed by atoms with Crippen LogP contribution in [0.3, 0.4) is 0 Å². The third kappa shape index (κ3) is 9.68. The number of carbonyl (C=O) groups is 4. The molecule has 1 aromatic rings. The van der Waals surface area contributed by atoms with Gasteiger partial charge in [0.05, 0.1) is 7.11 Å². The largest absolute Gasteiger partial charge is 0.468 e. The van der Waals surface area contributed by atoms with Crippen LogP contribution in [0.25, 0.3) is 0 Å². The normalized spacial score (nSPS) is 13.5. The van der Waals surface area contributed by atoms with E-state index in [1.54, 1.807) is 17.3 Å². The summed E-state index contributed by atoms with van der Waals surface area (Å²) >= 11 is 1.21. The molecule has 2 amide bonds. The van der Waals surface area contributed by atoms with Crippen LogP contribution < -0.4 is 5.32 Å². The van der Waals surface area contributed by atoms with E-state index in [1.807, 2.05) is 27.7 Å². The van der Waals surface area contributed by atoms with E-state index in [0.717, 1.165) is 0 Å². The van der Waals surface area contributed by atoms with Crippen LogP contribution in [-0.4, -0.2) is 60.4 Å². The first-order valence-electron chi connectivity index (χ1n) is 11.6. The minimum atomic E-state index is -0.747. The van der Waals surface area contributed by atoms with E-state index < -0.39 is 29.9 Å². The number of rotatable bonds is 13. The standard InChI is InChI=1S/C25H37N3O6S/c1-9-18(25(32)33-8)10-11-26-23(31)19-14-35-24(27-19)21(34-17(6)29)13-20(16(4)5)28(7)22(30)12-15(2)3/h1,14-16,18,20-21H,10-13H2,2-8H3,(H,26,31)/t18?,20?,21-/m1/s1. The van der Waals surface area contributed by atoms with Gasteiger partial charge in [-0.1, -0.05) is 33.6 Å². The molecule has 1 rings (SSSR count). The van der Waals surface area contributed by atoms with Crippen molar-refractivity contribution in [2.24, 2.45) is 17.8 Å². The van der Waals surface area contributed by atoms with Crippen molar-refractivity contribution in [2.75, 3.05) is 20.7 Å². The summed E-state index contributed by atoms with van der Waals surface area (Å²) in [5.74, 6) is 0.520. The second-order valence-corrected chi connectivity index (χ2v) is 10.00. The highest BCUT2D eigenvalue weighted by Gasteiger charge is 2.30. The van der Waals surface area contributed by atoms with Gasteiger partial charge in [-0.3, -0.25) is 19.2 Å². The molecule has 0 aliphatic heterocycles. The van der Waals surface area contributed by atoms with Crippen LogP contribution in [0.5, 0.6) is 0 Å². The fourth-order valence-corrected chi connectivity index (χ4v) is 4.39. The molecule has 35 heavy (non-hydrogen) atoms. The van der Waals surface area contributed by atoms with Crippen LogP contribution in [0.1, 0.15) is 75.5 Å². The molecule has 0 aliphatic carbocycles. The zero-order valence-electron chi connectivity index (χ0n) is 21.6. The Bertz CT molecular complexity index is 921. The maximum Gasteiger partial charge on any atom is 0.320 e. The van der Waals surface area contributed by atoms with Crippen LogP contribution in [0, 0.1) is 30.1 Å². The Balaban J connectivity index is 2.96. The van der Waals surface area contributed by atoms with E-state index >= 15 is 0 Å². The molecule has 0 spiro atoms. The van der Waals surface area contributed by atoms with Gasteiger partial charge < -0.3 is 19.7 Å². The van der Waals surface area contributed by atoms with Gasteiger partial charge in [-0.2, -0.15) is 0 Å². The molecule has 0 radical (unpaired) electrons. The van der Waals surface area contributed by atoms with Gasteiger partial charge in [-0.15, -0.1) is 17.8 Å². The number of carbonyl (C=O) groups excluding carboxylic acids is 4. The number of thiazole rings is 1. The Morgan fingerprint density at radius 2 is 1.89 bits per heavy atom. The van der Waals surface area contributed by atoms with Gasteiger partial charge in [0.25, 0.3) is 5.91 Å². The first-order chi connectivity index (χ1) is 16.4. The Morgan fingerprint density at radius 1 is 1.23 bits per heavy atom. The number of aromatic nitrogens is 1. The van der Waals surface area contributed by atoms with E-state index in [4.69, 9.17) is 11.2 Å². The summed E-state index contributed by atoms with van der Waals surface area (Å²) in [4.78, 5) is 54.7. The summed E-state index contributed by atoms with van der Waals surface area (Å²) in [5, 5.41) is 4.74. The van der Waals surface area contributed by atoms with Gasteiger partial charge in [-0.25, -0.2) is 4.98 Å². The number of amides is 2. The summed E-state index contributed by atoms with van der Waals surface area (Å²) in [6, 6.07) is -0.189. The van der Waals surface area contributed by atoms with E-state index in [1.165, 1.54) is 25.4 Å². The maximum absolute atomic E-state index is 12.7. The number of nitrogens with zero attached hydrogens (tertiary/aromatic N) is 2. The molecule has 1 heterocycles. The van der Waals surface area contributed by atoms with Gasteiger partial charge in [-0.05, 0) is 18.3 Å². The molecule has 0 fully saturated rings. The topological polar surface area (TPSA) is 115 Å². The fraction of sp³-hybridized carbons (Fsp3) is 0.640. The van der Waals surface area contributed by atoms with Crippen LogP contribution in [0.15, 0.2) is 5.38 Å². The van der Waals surface area contributed by atoms with E-state index in [2.05, 4.69) is 21.0 Å². The quantitative estimate of drug-likeness (QED) is 0.322. The molecule has 0 saturated heterocycles. The number of hydrogen-bond acceptors (Lipinski definition) is 8. The molecule has 10 heteroatoms. The summed E-state index contributed by atoms with van der Waals surface area (Å²) < 4.78 is 10.2. The minimum Gasteiger partial charge on any atom is -0.468 e. The van der Waals surface area contributed by atoms with E-state index in [9.17, 15) is 19.2 Å². The third-order valence-electron chi connectivity index (χ3n) is 5.44. The van der Waals surface area contributed by atoms with Crippen molar-refractivity contribution < 1.29 is 28.7 Å². The highest BCUT2D eigenvalue weighted by atomic mass is 32.1. The lowest BCUT2D eigenvalue weighted by atomic mass is 9.95. The predicted molar refractivity (Wildman–Crippen MR) is 133 cm³/mol. The molecular weight excluding hydrogens is 470 g/mol. The van der Waals surface area contributed by atoms with Crippen molar-refractivity contribution in [1.82, 2.24) is 15.2 Å². The number of methoxy groups -OCH3 is 1. The Kier molecular flexibility index (Phi) is 12.4. The first-order valence-corrected chi connectivity index (χ1v) is 12.5. The molecule has 2 unspecified atom stereocenters. The van der Waals surface area contributed by atoms with Crippen molar-refractivity contribution in [3.63, 3.8) is 0 Å². The smallest absolute Gasteiger partial charge is 0.320 e. The predicted octanol–water partition coefficient (Wildman–Crippen LogP) is 3.21. The third-order valence-corrected chi connectivity index (χ3v) is 6.38. The number of esters is 2. The van der Waals surface area contributed by atoms with Crippen LogP contribution in [-0.2, 0) is 23.9 Å². The minimum absolute atomic E-state index is 0.0247. The zero-order chi connectivity index (χ0) is 26.7. The maximum atomic E-state index is 12.7. The Hall–Kier alpha value is -2.93. The summed E-state index contributed by atoms with van der Waals surface area (Å²) in [6.45, 7) is 9.47. The molecule has 9 nitrogen and oxygen atoms in total. The second-order valence-electron chi connectivity index (χ2n) is 9.11. The molecule has 1 N–H and O–H groups in total. The summed E-state index contributed by atoms with van der Waals surface area (Å²) in [6.07, 6.45) is 5.65. The summed E-state index contributed by atoms with van der Waals surface area (Å²) in [5.41, 5.74) is 0.169. The number of hydrogen-bond donors (Lipinski definition) is 1. The van der Waals surface area contributed by atoms with Gasteiger partial charge in [0.1, 0.15) is 16.6 Å². The first kappa shape index (κ1) is 30.1. The second kappa shape index (κ2) is 14.5. The molecule has 0 saturated carbocycles. The molecule has 0 aliphatic rings. The van der Waals surface area contributed by atoms with E-state index in [-0.39, 0.29) is 42.4 Å². The molecule has 3 atom stereocenters. The number of terminal acetylenes is 1. The molecular formula is C25H37N3O6S. The lowest BCUT2D eigenvalue weighted by molar-refractivity contribution is -0.148. The van der Waals surface area contributed by atoms with Gasteiger partial charge in [0.2, 0.25) is 5.91 Å². The Labute approximate surface area is 212 Å². The fourth-order valence-electron chi connectivity index (χ4n) is 3.55. The van der Waals surface area contributed by atoms with Crippen molar-refractivity contribution in [3.8, 4) is 12.3 Å². The van der Waals surface area contributed by atoms with E-state index in [0.29, 0.717) is 17.8 Å². The average molecular weight is 508 g/mol. The SMILES string of the molecule is C#CC(CCNC(=O)c1csc([C@@H](CC(C(C)C)N(C)C(=O)CC(C)C)OC(C)=O)n1)C(=O)OC. The number of ether oxygens (including phenoxy) is 2. The van der Waals surface area contributed by atoms with Gasteiger partial charge >= 0.3 is 11.9 Å². The highest BCUT2D eigenvalue weighted by Crippen LogP contribution is 2.30. The van der Waals surface area contributed by atoms with Crippen molar-refractivity contribution >= 4 is 35.1 Å². The summed E-state index contributed by atoms with van der Waals surface area (Å²) in [7, 11) is 3.02. The van der Waals surface area contributed by atoms with Crippen molar-refractivity contribution in [1.29, 1.82) is 0 Å². The van der Waals surface area contributed by atoms with Crippen LogP contribution in [0.2, 0.25) is 0 Å². The molecule has 0 bridgehead atoms. The van der Waals surface area contributed by atoms with Gasteiger partial charge in [0, 0.05) is 44.8 Å². The number of nitrogens with one attached hydrogen (secondary N) is 1. The molecule has 0 aromatic carbocycles. The lowest BCUT2D eigenvalue weighted by Gasteiger charge is -2.34. The van der Waals surface area contributed by atoms with Crippen LogP contribution in [0.4, 0.5) is 0 Å².